The monoisotopic (exact) mass is 217 g/mol. The number of rotatable bonds is 3. The first-order valence-corrected chi connectivity index (χ1v) is 4.98. The van der Waals surface area contributed by atoms with Gasteiger partial charge in [-0.1, -0.05) is 0 Å². The largest absolute Gasteiger partial charge is 0.508 e. The quantitative estimate of drug-likeness (QED) is 0.613. The van der Waals surface area contributed by atoms with Crippen molar-refractivity contribution in [2.75, 3.05) is 0 Å². The minimum atomic E-state index is 0.0243. The molecule has 0 aliphatic rings. The molecule has 0 atom stereocenters. The summed E-state index contributed by atoms with van der Waals surface area (Å²) < 4.78 is 3.69. The Morgan fingerprint density at radius 2 is 2.06 bits per heavy atom. The van der Waals surface area contributed by atoms with E-state index in [2.05, 4.69) is 0 Å². The van der Waals surface area contributed by atoms with Crippen LogP contribution in [-0.4, -0.2) is 15.5 Å². The third-order valence-corrected chi connectivity index (χ3v) is 2.34. The number of Topliss-reactive ketones (excluding diaryl/α,β-unsaturated/α-hetero) is 1. The number of aryl methyl sites for hydroxylation is 1. The van der Waals surface area contributed by atoms with Crippen molar-refractivity contribution >= 4 is 5.78 Å². The van der Waals surface area contributed by atoms with Crippen molar-refractivity contribution in [1.82, 2.24) is 4.57 Å². The summed E-state index contributed by atoms with van der Waals surface area (Å²) in [5.74, 6) is 0.195. The second kappa shape index (κ2) is 4.18. The fourth-order valence-corrected chi connectivity index (χ4v) is 1.50. The summed E-state index contributed by atoms with van der Waals surface area (Å²) >= 11 is 0. The number of hydrogen-bond donors (Lipinski definition) is 1. The van der Waals surface area contributed by atoms with Crippen molar-refractivity contribution < 1.29 is 14.5 Å². The van der Waals surface area contributed by atoms with Gasteiger partial charge in [-0.05, 0) is 24.3 Å². The van der Waals surface area contributed by atoms with Crippen molar-refractivity contribution in [3.8, 4) is 5.75 Å². The summed E-state index contributed by atoms with van der Waals surface area (Å²) in [6.45, 7) is 0.311. The molecule has 0 aliphatic carbocycles. The molecule has 16 heavy (non-hydrogen) atoms. The molecule has 4 nitrogen and oxygen atoms in total. The molecule has 1 aromatic carbocycles. The molecule has 0 spiro atoms. The van der Waals surface area contributed by atoms with Crippen LogP contribution in [0.2, 0.25) is 0 Å². The second-order valence-corrected chi connectivity index (χ2v) is 3.72. The summed E-state index contributed by atoms with van der Waals surface area (Å²) in [4.78, 5) is 11.8. The van der Waals surface area contributed by atoms with Gasteiger partial charge in [0.2, 0.25) is 12.1 Å². The van der Waals surface area contributed by atoms with Gasteiger partial charge in [-0.25, -0.2) is 9.13 Å². The Hall–Kier alpha value is -2.10. The van der Waals surface area contributed by atoms with Crippen LogP contribution < -0.4 is 4.57 Å². The average Bonchev–Trinajstić information content (AvgIpc) is 2.65. The van der Waals surface area contributed by atoms with Crippen LogP contribution in [0.5, 0.6) is 5.75 Å². The van der Waals surface area contributed by atoms with E-state index in [-0.39, 0.29) is 11.5 Å². The van der Waals surface area contributed by atoms with Crippen LogP contribution in [0.3, 0.4) is 0 Å². The number of carbonyl (C=O) groups is 1. The highest BCUT2D eigenvalue weighted by atomic mass is 16.3. The van der Waals surface area contributed by atoms with Gasteiger partial charge in [0.25, 0.3) is 0 Å². The molecule has 2 rings (SSSR count). The molecule has 0 bridgehead atoms. The first kappa shape index (κ1) is 10.4. The lowest BCUT2D eigenvalue weighted by atomic mass is 10.1. The highest BCUT2D eigenvalue weighted by Crippen LogP contribution is 2.10. The summed E-state index contributed by atoms with van der Waals surface area (Å²) in [6.07, 6.45) is 5.57. The molecular formula is C12H13N2O2+. The number of aromatic hydroxyl groups is 1. The maximum atomic E-state index is 11.8. The maximum absolute atomic E-state index is 11.8. The van der Waals surface area contributed by atoms with E-state index in [1.807, 2.05) is 34.9 Å². The van der Waals surface area contributed by atoms with Gasteiger partial charge < -0.3 is 5.11 Å². The lowest BCUT2D eigenvalue weighted by Crippen LogP contribution is -2.24. The Morgan fingerprint density at radius 1 is 1.38 bits per heavy atom. The van der Waals surface area contributed by atoms with Gasteiger partial charge in [-0.3, -0.25) is 4.79 Å². The highest BCUT2D eigenvalue weighted by Gasteiger charge is 2.10. The van der Waals surface area contributed by atoms with Crippen molar-refractivity contribution in [3.05, 3.63) is 48.5 Å². The Kier molecular flexibility index (Phi) is 2.72. The molecule has 0 saturated heterocycles. The lowest BCUT2D eigenvalue weighted by Gasteiger charge is -1.98. The van der Waals surface area contributed by atoms with Crippen LogP contribution in [0.25, 0.3) is 0 Å². The van der Waals surface area contributed by atoms with Crippen LogP contribution in [-0.2, 0) is 13.6 Å². The van der Waals surface area contributed by atoms with Crippen LogP contribution >= 0.6 is 0 Å². The standard InChI is InChI=1S/C12H12N2O2/c1-13-6-7-14(9-13)8-12(16)10-2-4-11(15)5-3-10/h2-7,9H,8H2,1H3/p+1. The van der Waals surface area contributed by atoms with Gasteiger partial charge in [0.05, 0.1) is 7.05 Å². The molecule has 4 heteroatoms. The Bertz CT molecular complexity index is 500. The third-order valence-electron chi connectivity index (χ3n) is 2.34. The smallest absolute Gasteiger partial charge is 0.243 e. The van der Waals surface area contributed by atoms with E-state index in [0.29, 0.717) is 12.1 Å². The number of ketones is 1. The molecule has 1 heterocycles. The normalized spacial score (nSPS) is 10.3. The van der Waals surface area contributed by atoms with Gasteiger partial charge in [0.15, 0.2) is 6.54 Å². The van der Waals surface area contributed by atoms with Crippen LogP contribution in [0.4, 0.5) is 0 Å². The predicted octanol–water partition coefficient (Wildman–Crippen LogP) is 0.901. The Morgan fingerprint density at radius 3 is 2.62 bits per heavy atom. The van der Waals surface area contributed by atoms with E-state index >= 15 is 0 Å². The van der Waals surface area contributed by atoms with E-state index < -0.39 is 0 Å². The molecule has 0 radical (unpaired) electrons. The average molecular weight is 217 g/mol. The Balaban J connectivity index is 2.11. The lowest BCUT2D eigenvalue weighted by molar-refractivity contribution is -0.671. The SMILES string of the molecule is C[n+]1ccn(CC(=O)c2ccc(O)cc2)c1. The number of carbonyl (C=O) groups excluding carboxylic acids is 1. The fraction of sp³-hybridized carbons (Fsp3) is 0.167. The van der Waals surface area contributed by atoms with Crippen molar-refractivity contribution in [2.24, 2.45) is 7.05 Å². The topological polar surface area (TPSA) is 46.1 Å². The van der Waals surface area contributed by atoms with Crippen molar-refractivity contribution in [2.45, 2.75) is 6.54 Å². The van der Waals surface area contributed by atoms with Gasteiger partial charge >= 0.3 is 0 Å². The van der Waals surface area contributed by atoms with Gasteiger partial charge in [0.1, 0.15) is 18.1 Å². The number of aromatic nitrogens is 2. The Labute approximate surface area is 93.4 Å². The zero-order valence-electron chi connectivity index (χ0n) is 9.00. The minimum Gasteiger partial charge on any atom is -0.508 e. The fourth-order valence-electron chi connectivity index (χ4n) is 1.50. The van der Waals surface area contributed by atoms with Gasteiger partial charge in [-0.15, -0.1) is 0 Å². The maximum Gasteiger partial charge on any atom is 0.243 e. The van der Waals surface area contributed by atoms with E-state index in [9.17, 15) is 4.79 Å². The van der Waals surface area contributed by atoms with Gasteiger partial charge in [0, 0.05) is 5.56 Å². The van der Waals surface area contributed by atoms with Crippen LogP contribution in [0, 0.1) is 0 Å². The molecule has 1 N–H and O–H groups in total. The molecular weight excluding hydrogens is 204 g/mol. The van der Waals surface area contributed by atoms with Gasteiger partial charge in [-0.2, -0.15) is 0 Å². The number of nitrogens with zero attached hydrogens (tertiary/aromatic N) is 2. The third kappa shape index (κ3) is 2.28. The molecule has 2 aromatic rings. The molecule has 1 aromatic heterocycles. The van der Waals surface area contributed by atoms with E-state index in [1.165, 1.54) is 12.1 Å². The summed E-state index contributed by atoms with van der Waals surface area (Å²) in [6, 6.07) is 6.29. The van der Waals surface area contributed by atoms with Crippen LogP contribution in [0.1, 0.15) is 10.4 Å². The molecule has 82 valence electrons. The predicted molar refractivity (Wildman–Crippen MR) is 58.0 cm³/mol. The summed E-state index contributed by atoms with van der Waals surface area (Å²) in [5.41, 5.74) is 0.606. The second-order valence-electron chi connectivity index (χ2n) is 3.72. The zero-order chi connectivity index (χ0) is 11.5. The minimum absolute atomic E-state index is 0.0243. The van der Waals surface area contributed by atoms with E-state index in [4.69, 9.17) is 5.11 Å². The number of hydrogen-bond acceptors (Lipinski definition) is 2. The molecule has 0 saturated carbocycles. The highest BCUT2D eigenvalue weighted by molar-refractivity contribution is 5.95. The number of phenols is 1. The zero-order valence-corrected chi connectivity index (χ0v) is 9.00. The molecule has 0 unspecified atom stereocenters. The molecule has 0 amide bonds. The van der Waals surface area contributed by atoms with Crippen molar-refractivity contribution in [3.63, 3.8) is 0 Å². The van der Waals surface area contributed by atoms with Crippen molar-refractivity contribution in [1.29, 1.82) is 0 Å². The summed E-state index contributed by atoms with van der Waals surface area (Å²) in [5, 5.41) is 9.11. The molecule has 0 fully saturated rings. The molecule has 0 aliphatic heterocycles. The van der Waals surface area contributed by atoms with E-state index in [0.717, 1.165) is 0 Å². The number of imidazole rings is 1. The first-order valence-electron chi connectivity index (χ1n) is 4.98. The van der Waals surface area contributed by atoms with Crippen LogP contribution in [0.15, 0.2) is 43.0 Å². The first-order chi connectivity index (χ1) is 7.65. The van der Waals surface area contributed by atoms with E-state index in [1.54, 1.807) is 12.1 Å². The number of benzene rings is 1. The summed E-state index contributed by atoms with van der Waals surface area (Å²) in [7, 11) is 1.90. The number of phenolic OH excluding ortho intramolecular Hbond substituents is 1.